The van der Waals surface area contributed by atoms with Crippen molar-refractivity contribution in [3.05, 3.63) is 0 Å². The molecule has 2 N–H and O–H groups in total. The maximum Gasteiger partial charge on any atom is 0.219 e. The molecule has 4 heteroatoms. The molecule has 0 aliphatic rings. The molecule has 0 rings (SSSR count). The van der Waals surface area contributed by atoms with Crippen LogP contribution in [-0.2, 0) is 9.59 Å². The summed E-state index contributed by atoms with van der Waals surface area (Å²) in [6.07, 6.45) is 3.50. The molecule has 2 amide bonds. The quantitative estimate of drug-likeness (QED) is 0.638. The fourth-order valence-corrected chi connectivity index (χ4v) is 1.68. The molecule has 17 heavy (non-hydrogen) atoms. The smallest absolute Gasteiger partial charge is 0.219 e. The highest BCUT2D eigenvalue weighted by Gasteiger charge is 2.13. The van der Waals surface area contributed by atoms with Crippen molar-refractivity contribution >= 4 is 11.8 Å². The summed E-state index contributed by atoms with van der Waals surface area (Å²) in [6, 6.07) is 0.245. The predicted octanol–water partition coefficient (Wildman–Crippen LogP) is 1.84. The summed E-state index contributed by atoms with van der Waals surface area (Å²) in [5, 5.41) is 5.81. The molecule has 0 spiro atoms. The van der Waals surface area contributed by atoms with Crippen LogP contribution in [0.25, 0.3) is 0 Å². The van der Waals surface area contributed by atoms with Crippen LogP contribution in [0.5, 0.6) is 0 Å². The molecule has 0 aliphatic heterocycles. The Hall–Kier alpha value is -1.06. The Bertz CT molecular complexity index is 240. The Morgan fingerprint density at radius 1 is 1.18 bits per heavy atom. The fraction of sp³-hybridized carbons (Fsp3) is 0.846. The van der Waals surface area contributed by atoms with Gasteiger partial charge in [-0.25, -0.2) is 0 Å². The number of hydrogen-bond acceptors (Lipinski definition) is 2. The molecule has 100 valence electrons. The second kappa shape index (κ2) is 9.02. The van der Waals surface area contributed by atoms with Crippen LogP contribution in [0.15, 0.2) is 0 Å². The first-order valence-corrected chi connectivity index (χ1v) is 6.51. The lowest BCUT2D eigenvalue weighted by Gasteiger charge is -2.21. The van der Waals surface area contributed by atoms with Crippen LogP contribution in [0.4, 0.5) is 0 Å². The number of hydrogen-bond donors (Lipinski definition) is 2. The summed E-state index contributed by atoms with van der Waals surface area (Å²) in [5.74, 6) is 0.583. The molecule has 4 nitrogen and oxygen atoms in total. The van der Waals surface area contributed by atoms with Gasteiger partial charge < -0.3 is 10.6 Å². The Morgan fingerprint density at radius 2 is 1.82 bits per heavy atom. The van der Waals surface area contributed by atoms with Gasteiger partial charge in [-0.2, -0.15) is 0 Å². The summed E-state index contributed by atoms with van der Waals surface area (Å²) in [6.45, 7) is 8.36. The van der Waals surface area contributed by atoms with E-state index in [4.69, 9.17) is 0 Å². The molecule has 0 aliphatic carbocycles. The Morgan fingerprint density at radius 3 is 2.29 bits per heavy atom. The molecular weight excluding hydrogens is 216 g/mol. The minimum atomic E-state index is 0.0305. The Labute approximate surface area is 105 Å². The highest BCUT2D eigenvalue weighted by molar-refractivity contribution is 5.75. The van der Waals surface area contributed by atoms with Gasteiger partial charge in [-0.05, 0) is 25.2 Å². The Balaban J connectivity index is 3.68. The molecule has 0 aromatic heterocycles. The van der Waals surface area contributed by atoms with Gasteiger partial charge in [-0.15, -0.1) is 0 Å². The van der Waals surface area contributed by atoms with Gasteiger partial charge in [-0.3, -0.25) is 9.59 Å². The number of amides is 2. The first-order valence-electron chi connectivity index (χ1n) is 6.51. The number of unbranched alkanes of at least 4 members (excludes halogenated alkanes) is 1. The van der Waals surface area contributed by atoms with E-state index in [1.807, 2.05) is 6.92 Å². The lowest BCUT2D eigenvalue weighted by molar-refractivity contribution is -0.121. The molecule has 0 saturated carbocycles. The van der Waals surface area contributed by atoms with Crippen LogP contribution in [0.3, 0.4) is 0 Å². The van der Waals surface area contributed by atoms with E-state index in [9.17, 15) is 9.59 Å². The zero-order chi connectivity index (χ0) is 13.3. The average Bonchev–Trinajstić information content (AvgIpc) is 2.25. The molecule has 0 fully saturated rings. The van der Waals surface area contributed by atoms with Gasteiger partial charge in [0.2, 0.25) is 11.8 Å². The van der Waals surface area contributed by atoms with Crippen molar-refractivity contribution in [3.63, 3.8) is 0 Å². The van der Waals surface area contributed by atoms with E-state index >= 15 is 0 Å². The third-order valence-electron chi connectivity index (χ3n) is 2.78. The monoisotopic (exact) mass is 242 g/mol. The van der Waals surface area contributed by atoms with Crippen LogP contribution in [-0.4, -0.2) is 24.4 Å². The molecule has 0 aromatic rings. The molecule has 1 atom stereocenters. The normalized spacial score (nSPS) is 12.3. The zero-order valence-electron chi connectivity index (χ0n) is 11.5. The molecular formula is C13H26N2O2. The average molecular weight is 242 g/mol. The lowest BCUT2D eigenvalue weighted by Crippen LogP contribution is -2.37. The maximum absolute atomic E-state index is 11.0. The summed E-state index contributed by atoms with van der Waals surface area (Å²) < 4.78 is 0. The summed E-state index contributed by atoms with van der Waals surface area (Å²) in [5.41, 5.74) is 0. The Kier molecular flexibility index (Phi) is 8.46. The van der Waals surface area contributed by atoms with E-state index in [1.54, 1.807) is 6.92 Å². The molecule has 0 unspecified atom stereocenters. The van der Waals surface area contributed by atoms with Gasteiger partial charge in [0.15, 0.2) is 0 Å². The van der Waals surface area contributed by atoms with Crippen molar-refractivity contribution < 1.29 is 9.59 Å². The van der Waals surface area contributed by atoms with Crippen molar-refractivity contribution in [1.29, 1.82) is 0 Å². The maximum atomic E-state index is 11.0. The summed E-state index contributed by atoms with van der Waals surface area (Å²) in [7, 11) is 0. The number of carbonyl (C=O) groups is 2. The van der Waals surface area contributed by atoms with Crippen molar-refractivity contribution in [2.24, 2.45) is 5.92 Å². The number of nitrogens with one attached hydrogen (secondary N) is 2. The van der Waals surface area contributed by atoms with Crippen molar-refractivity contribution in [2.75, 3.05) is 6.54 Å². The van der Waals surface area contributed by atoms with Gasteiger partial charge in [0, 0.05) is 25.9 Å². The van der Waals surface area contributed by atoms with E-state index in [0.717, 1.165) is 25.8 Å². The van der Waals surface area contributed by atoms with Gasteiger partial charge in [0.05, 0.1) is 0 Å². The second-order valence-corrected chi connectivity index (χ2v) is 4.75. The van der Waals surface area contributed by atoms with Crippen molar-refractivity contribution in [1.82, 2.24) is 10.6 Å². The zero-order valence-corrected chi connectivity index (χ0v) is 11.5. The van der Waals surface area contributed by atoms with Crippen LogP contribution < -0.4 is 10.6 Å². The third-order valence-corrected chi connectivity index (χ3v) is 2.78. The van der Waals surface area contributed by atoms with Crippen LogP contribution in [0.1, 0.15) is 53.4 Å². The van der Waals surface area contributed by atoms with E-state index < -0.39 is 0 Å². The second-order valence-electron chi connectivity index (χ2n) is 4.75. The highest BCUT2D eigenvalue weighted by Crippen LogP contribution is 2.09. The third kappa shape index (κ3) is 8.72. The van der Waals surface area contributed by atoms with Crippen LogP contribution >= 0.6 is 0 Å². The van der Waals surface area contributed by atoms with Crippen LogP contribution in [0.2, 0.25) is 0 Å². The molecule has 0 saturated heterocycles. The van der Waals surface area contributed by atoms with Crippen molar-refractivity contribution in [2.45, 2.75) is 59.4 Å². The van der Waals surface area contributed by atoms with Gasteiger partial charge in [-0.1, -0.05) is 20.8 Å². The molecule has 0 heterocycles. The fourth-order valence-electron chi connectivity index (χ4n) is 1.68. The topological polar surface area (TPSA) is 58.2 Å². The SMILES string of the molecule is CCC(=O)NCCCC[C@H](NC(C)=O)C(C)C. The van der Waals surface area contributed by atoms with E-state index in [-0.39, 0.29) is 17.9 Å². The van der Waals surface area contributed by atoms with Gasteiger partial charge in [0.1, 0.15) is 0 Å². The first-order chi connectivity index (χ1) is 7.97. The molecule has 0 radical (unpaired) electrons. The largest absolute Gasteiger partial charge is 0.356 e. The van der Waals surface area contributed by atoms with Gasteiger partial charge >= 0.3 is 0 Å². The highest BCUT2D eigenvalue weighted by atomic mass is 16.2. The van der Waals surface area contributed by atoms with E-state index in [1.165, 1.54) is 0 Å². The minimum absolute atomic E-state index is 0.0305. The molecule has 0 bridgehead atoms. The van der Waals surface area contributed by atoms with Crippen molar-refractivity contribution in [3.8, 4) is 0 Å². The van der Waals surface area contributed by atoms with E-state index in [2.05, 4.69) is 24.5 Å². The predicted molar refractivity (Wildman–Crippen MR) is 69.6 cm³/mol. The van der Waals surface area contributed by atoms with Crippen LogP contribution in [0, 0.1) is 5.92 Å². The first kappa shape index (κ1) is 15.9. The number of rotatable bonds is 8. The summed E-state index contributed by atoms with van der Waals surface area (Å²) in [4.78, 5) is 22.0. The molecule has 0 aromatic carbocycles. The lowest BCUT2D eigenvalue weighted by atomic mass is 9.98. The summed E-state index contributed by atoms with van der Waals surface area (Å²) >= 11 is 0. The number of carbonyl (C=O) groups excluding carboxylic acids is 2. The minimum Gasteiger partial charge on any atom is -0.356 e. The van der Waals surface area contributed by atoms with Gasteiger partial charge in [0.25, 0.3) is 0 Å². The standard InChI is InChI=1S/C13H26N2O2/c1-5-13(17)14-9-7-6-8-12(10(2)3)15-11(4)16/h10,12H,5-9H2,1-4H3,(H,14,17)(H,15,16)/t12-/m0/s1. The van der Waals surface area contributed by atoms with E-state index in [0.29, 0.717) is 12.3 Å².